The first-order valence-corrected chi connectivity index (χ1v) is 6.31. The molecule has 0 radical (unpaired) electrons. The number of hydrogen-bond donors (Lipinski definition) is 2. The molecule has 2 rings (SSSR count). The molecule has 1 aromatic carbocycles. The van der Waals surface area contributed by atoms with E-state index in [4.69, 9.17) is 5.73 Å². The monoisotopic (exact) mass is 273 g/mol. The van der Waals surface area contributed by atoms with E-state index in [0.717, 1.165) is 11.3 Å². The van der Waals surface area contributed by atoms with Crippen molar-refractivity contribution < 1.29 is 4.79 Å². The number of amides is 1. The van der Waals surface area contributed by atoms with Crippen molar-refractivity contribution in [3.63, 3.8) is 0 Å². The summed E-state index contributed by atoms with van der Waals surface area (Å²) in [5.41, 5.74) is 9.16. The molecule has 0 fully saturated rings. The number of anilines is 2. The Hall–Kier alpha value is -2.50. The average Bonchev–Trinajstić information content (AvgIpc) is 2.82. The van der Waals surface area contributed by atoms with Crippen LogP contribution in [0.3, 0.4) is 0 Å². The van der Waals surface area contributed by atoms with Gasteiger partial charge in [0, 0.05) is 45.0 Å². The van der Waals surface area contributed by atoms with Crippen molar-refractivity contribution in [3.05, 3.63) is 41.7 Å². The number of benzene rings is 1. The zero-order valence-electron chi connectivity index (χ0n) is 11.9. The fraction of sp³-hybridized carbons (Fsp3) is 0.286. The van der Waals surface area contributed by atoms with Crippen LogP contribution >= 0.6 is 0 Å². The molecular weight excluding hydrogens is 254 g/mol. The van der Waals surface area contributed by atoms with Gasteiger partial charge in [0.25, 0.3) is 5.91 Å². The molecule has 0 aliphatic rings. The predicted octanol–water partition coefficient (Wildman–Crippen LogP) is 0.998. The molecule has 6 heteroatoms. The minimum absolute atomic E-state index is 0.141. The molecule has 0 saturated heterocycles. The maximum atomic E-state index is 11.5. The Kier molecular flexibility index (Phi) is 3.93. The third-order valence-electron chi connectivity index (χ3n) is 3.11. The summed E-state index contributed by atoms with van der Waals surface area (Å²) in [5, 5.41) is 6.72. The number of nitrogens with two attached hydrogens (primary N) is 1. The van der Waals surface area contributed by atoms with Gasteiger partial charge in [0.15, 0.2) is 0 Å². The summed E-state index contributed by atoms with van der Waals surface area (Å²) in [7, 11) is 5.44. The summed E-state index contributed by atoms with van der Waals surface area (Å²) < 4.78 is 1.77. The molecule has 3 N–H and O–H groups in total. The van der Waals surface area contributed by atoms with Crippen LogP contribution in [0.2, 0.25) is 0 Å². The van der Waals surface area contributed by atoms with Crippen LogP contribution in [-0.4, -0.2) is 29.8 Å². The minimum atomic E-state index is -0.141. The summed E-state index contributed by atoms with van der Waals surface area (Å²) in [6.07, 6.45) is 3.79. The molecule has 0 bridgehead atoms. The number of rotatable bonds is 4. The molecule has 1 aromatic heterocycles. The summed E-state index contributed by atoms with van der Waals surface area (Å²) >= 11 is 0. The lowest BCUT2D eigenvalue weighted by Crippen LogP contribution is -2.20. The lowest BCUT2D eigenvalue weighted by atomic mass is 10.1. The highest BCUT2D eigenvalue weighted by Gasteiger charge is 2.10. The van der Waals surface area contributed by atoms with Gasteiger partial charge in [-0.1, -0.05) is 0 Å². The van der Waals surface area contributed by atoms with E-state index >= 15 is 0 Å². The van der Waals surface area contributed by atoms with E-state index in [1.54, 1.807) is 23.9 Å². The van der Waals surface area contributed by atoms with Gasteiger partial charge in [0.05, 0.1) is 17.6 Å². The van der Waals surface area contributed by atoms with Crippen molar-refractivity contribution in [2.24, 2.45) is 7.05 Å². The van der Waals surface area contributed by atoms with Gasteiger partial charge in [-0.05, 0) is 18.2 Å². The Labute approximate surface area is 118 Å². The smallest absolute Gasteiger partial charge is 0.251 e. The van der Waals surface area contributed by atoms with Gasteiger partial charge in [0.1, 0.15) is 0 Å². The first-order chi connectivity index (χ1) is 9.51. The molecule has 0 atom stereocenters. The molecule has 0 saturated carbocycles. The van der Waals surface area contributed by atoms with Crippen LogP contribution in [0.15, 0.2) is 30.6 Å². The Bertz CT molecular complexity index is 620. The molecule has 2 aromatic rings. The second-order valence-electron chi connectivity index (χ2n) is 4.73. The van der Waals surface area contributed by atoms with Crippen LogP contribution in [-0.2, 0) is 13.6 Å². The second-order valence-corrected chi connectivity index (χ2v) is 4.73. The molecule has 20 heavy (non-hydrogen) atoms. The fourth-order valence-corrected chi connectivity index (χ4v) is 2.10. The van der Waals surface area contributed by atoms with E-state index in [-0.39, 0.29) is 5.91 Å². The van der Waals surface area contributed by atoms with Gasteiger partial charge in [-0.25, -0.2) is 0 Å². The van der Waals surface area contributed by atoms with Crippen molar-refractivity contribution in [2.75, 3.05) is 24.7 Å². The van der Waals surface area contributed by atoms with Gasteiger partial charge in [-0.15, -0.1) is 0 Å². The highest BCUT2D eigenvalue weighted by atomic mass is 16.1. The van der Waals surface area contributed by atoms with E-state index in [1.807, 2.05) is 37.5 Å². The van der Waals surface area contributed by atoms with Crippen LogP contribution in [0.5, 0.6) is 0 Å². The van der Waals surface area contributed by atoms with Crippen molar-refractivity contribution in [1.82, 2.24) is 15.1 Å². The average molecular weight is 273 g/mol. The van der Waals surface area contributed by atoms with Crippen molar-refractivity contribution >= 4 is 17.3 Å². The SMILES string of the molecule is CNC(=O)c1ccc(N(C)Cc2cnn(C)c2)c(N)c1. The number of nitrogen functional groups attached to an aromatic ring is 1. The maximum absolute atomic E-state index is 11.5. The van der Waals surface area contributed by atoms with Gasteiger partial charge >= 0.3 is 0 Å². The molecule has 0 spiro atoms. The van der Waals surface area contributed by atoms with Crippen LogP contribution in [0.25, 0.3) is 0 Å². The zero-order chi connectivity index (χ0) is 14.7. The van der Waals surface area contributed by atoms with E-state index in [0.29, 0.717) is 17.8 Å². The van der Waals surface area contributed by atoms with E-state index in [9.17, 15) is 4.79 Å². The summed E-state index contributed by atoms with van der Waals surface area (Å²) in [6, 6.07) is 5.31. The first kappa shape index (κ1) is 13.9. The number of hydrogen-bond acceptors (Lipinski definition) is 4. The van der Waals surface area contributed by atoms with Crippen LogP contribution in [0, 0.1) is 0 Å². The third kappa shape index (κ3) is 2.90. The molecule has 0 unspecified atom stereocenters. The van der Waals surface area contributed by atoms with E-state index < -0.39 is 0 Å². The number of aryl methyl sites for hydroxylation is 1. The van der Waals surface area contributed by atoms with Crippen molar-refractivity contribution in [2.45, 2.75) is 6.54 Å². The molecular formula is C14H19N5O. The standard InChI is InChI=1S/C14H19N5O/c1-16-14(20)11-4-5-13(12(15)6-11)18(2)8-10-7-17-19(3)9-10/h4-7,9H,8,15H2,1-3H3,(H,16,20). The highest BCUT2D eigenvalue weighted by Crippen LogP contribution is 2.24. The lowest BCUT2D eigenvalue weighted by molar-refractivity contribution is 0.0963. The Morgan fingerprint density at radius 2 is 2.25 bits per heavy atom. The number of carbonyl (C=O) groups is 1. The minimum Gasteiger partial charge on any atom is -0.397 e. The number of nitrogens with one attached hydrogen (secondary N) is 1. The second kappa shape index (κ2) is 5.64. The number of nitrogens with zero attached hydrogens (tertiary/aromatic N) is 3. The van der Waals surface area contributed by atoms with Gasteiger partial charge < -0.3 is 16.0 Å². The Morgan fingerprint density at radius 1 is 1.50 bits per heavy atom. The van der Waals surface area contributed by atoms with E-state index in [2.05, 4.69) is 10.4 Å². The number of carbonyl (C=O) groups excluding carboxylic acids is 1. The van der Waals surface area contributed by atoms with Gasteiger partial charge in [-0.3, -0.25) is 9.48 Å². The number of aromatic nitrogens is 2. The zero-order valence-corrected chi connectivity index (χ0v) is 11.9. The molecule has 6 nitrogen and oxygen atoms in total. The maximum Gasteiger partial charge on any atom is 0.251 e. The lowest BCUT2D eigenvalue weighted by Gasteiger charge is -2.20. The topological polar surface area (TPSA) is 76.2 Å². The fourth-order valence-electron chi connectivity index (χ4n) is 2.10. The molecule has 0 aliphatic carbocycles. The summed E-state index contributed by atoms with van der Waals surface area (Å²) in [4.78, 5) is 13.6. The normalized spacial score (nSPS) is 10.3. The summed E-state index contributed by atoms with van der Waals surface area (Å²) in [6.45, 7) is 0.706. The first-order valence-electron chi connectivity index (χ1n) is 6.31. The summed E-state index contributed by atoms with van der Waals surface area (Å²) in [5.74, 6) is -0.141. The van der Waals surface area contributed by atoms with Crippen LogP contribution in [0.4, 0.5) is 11.4 Å². The van der Waals surface area contributed by atoms with Crippen LogP contribution < -0.4 is 16.0 Å². The Balaban J connectivity index is 2.17. The van der Waals surface area contributed by atoms with Gasteiger partial charge in [0.2, 0.25) is 0 Å². The molecule has 1 heterocycles. The largest absolute Gasteiger partial charge is 0.397 e. The van der Waals surface area contributed by atoms with Crippen molar-refractivity contribution in [3.8, 4) is 0 Å². The molecule has 106 valence electrons. The molecule has 1 amide bonds. The van der Waals surface area contributed by atoms with Crippen LogP contribution in [0.1, 0.15) is 15.9 Å². The van der Waals surface area contributed by atoms with E-state index in [1.165, 1.54) is 0 Å². The predicted molar refractivity (Wildman–Crippen MR) is 79.6 cm³/mol. The highest BCUT2D eigenvalue weighted by molar-refractivity contribution is 5.96. The quantitative estimate of drug-likeness (QED) is 0.815. The third-order valence-corrected chi connectivity index (χ3v) is 3.11. The Morgan fingerprint density at radius 3 is 2.80 bits per heavy atom. The van der Waals surface area contributed by atoms with Gasteiger partial charge in [-0.2, -0.15) is 5.10 Å². The van der Waals surface area contributed by atoms with Crippen molar-refractivity contribution in [1.29, 1.82) is 0 Å². The molecule has 0 aliphatic heterocycles.